The molecule has 0 saturated carbocycles. The van der Waals surface area contributed by atoms with E-state index in [0.29, 0.717) is 6.61 Å². The summed E-state index contributed by atoms with van der Waals surface area (Å²) in [6.45, 7) is 2.86. The van der Waals surface area contributed by atoms with Gasteiger partial charge < -0.3 is 4.84 Å². The quantitative estimate of drug-likeness (QED) is 0.260. The molecule has 0 aliphatic heterocycles. The Morgan fingerprint density at radius 2 is 1.25 bits per heavy atom. The minimum absolute atomic E-state index is 0.699. The van der Waals surface area contributed by atoms with Gasteiger partial charge in [-0.15, -0.1) is 0 Å². The van der Waals surface area contributed by atoms with Crippen LogP contribution in [0.5, 0.6) is 0 Å². The van der Waals surface area contributed by atoms with Crippen LogP contribution in [0, 0.1) is 0 Å². The number of rotatable bonds is 14. The molecule has 2 nitrogen and oxygen atoms in total. The molecule has 0 spiro atoms. The van der Waals surface area contributed by atoms with E-state index in [4.69, 9.17) is 5.90 Å². The molecule has 116 valence electrons. The number of nitrogens with two attached hydrogens (primary N) is 1. The molecule has 0 heterocycles. The standard InChI is InChI=1S/C18H33NO/c1-2-3-4-5-6-7-8-9-10-11-12-13-14-15-16-17-18-20-19/h3-4,6-7,9-10H,2,5,8,11-19H2,1H3/b4-3-,7-6-,10-9-. The minimum Gasteiger partial charge on any atom is -0.305 e. The van der Waals surface area contributed by atoms with Gasteiger partial charge in [-0.3, -0.25) is 0 Å². The Balaban J connectivity index is 3.17. The zero-order valence-corrected chi connectivity index (χ0v) is 13.2. The lowest BCUT2D eigenvalue weighted by Crippen LogP contribution is -2.00. The van der Waals surface area contributed by atoms with Crippen molar-refractivity contribution in [2.75, 3.05) is 6.61 Å². The zero-order chi connectivity index (χ0) is 14.7. The van der Waals surface area contributed by atoms with Crippen molar-refractivity contribution in [1.82, 2.24) is 0 Å². The highest BCUT2D eigenvalue weighted by Gasteiger charge is 1.90. The van der Waals surface area contributed by atoms with Gasteiger partial charge in [0.25, 0.3) is 0 Å². The van der Waals surface area contributed by atoms with Gasteiger partial charge >= 0.3 is 0 Å². The number of hydrogen-bond acceptors (Lipinski definition) is 2. The molecule has 0 aromatic rings. The highest BCUT2D eigenvalue weighted by molar-refractivity contribution is 4.96. The van der Waals surface area contributed by atoms with E-state index in [9.17, 15) is 0 Å². The number of allylic oxidation sites excluding steroid dienone is 6. The lowest BCUT2D eigenvalue weighted by atomic mass is 10.1. The van der Waals surface area contributed by atoms with Crippen LogP contribution in [0.4, 0.5) is 0 Å². The lowest BCUT2D eigenvalue weighted by Gasteiger charge is -1.99. The summed E-state index contributed by atoms with van der Waals surface area (Å²) in [4.78, 5) is 4.54. The third-order valence-electron chi connectivity index (χ3n) is 3.16. The van der Waals surface area contributed by atoms with E-state index in [-0.39, 0.29) is 0 Å². The summed E-state index contributed by atoms with van der Waals surface area (Å²) in [5.41, 5.74) is 0. The van der Waals surface area contributed by atoms with Gasteiger partial charge in [-0.05, 0) is 38.5 Å². The summed E-state index contributed by atoms with van der Waals surface area (Å²) in [6.07, 6.45) is 25.6. The first-order valence-corrected chi connectivity index (χ1v) is 8.18. The smallest absolute Gasteiger partial charge is 0.0679 e. The van der Waals surface area contributed by atoms with Gasteiger partial charge in [-0.2, -0.15) is 0 Å². The first kappa shape index (κ1) is 19.1. The van der Waals surface area contributed by atoms with Crippen molar-refractivity contribution in [3.05, 3.63) is 36.5 Å². The SMILES string of the molecule is CC/C=C\C/C=C\C/C=C\CCCCCCCCON. The first-order chi connectivity index (χ1) is 9.91. The molecule has 0 fully saturated rings. The molecule has 0 unspecified atom stereocenters. The molecule has 2 N–H and O–H groups in total. The maximum atomic E-state index is 4.97. The van der Waals surface area contributed by atoms with Crippen LogP contribution in [0.15, 0.2) is 36.5 Å². The average molecular weight is 279 g/mol. The van der Waals surface area contributed by atoms with Crippen LogP contribution in [-0.4, -0.2) is 6.61 Å². The van der Waals surface area contributed by atoms with Crippen LogP contribution in [0.25, 0.3) is 0 Å². The van der Waals surface area contributed by atoms with Gasteiger partial charge in [0.2, 0.25) is 0 Å². The van der Waals surface area contributed by atoms with E-state index in [1.165, 1.54) is 38.5 Å². The van der Waals surface area contributed by atoms with E-state index >= 15 is 0 Å². The summed E-state index contributed by atoms with van der Waals surface area (Å²) < 4.78 is 0. The molecule has 0 saturated heterocycles. The topological polar surface area (TPSA) is 35.2 Å². The van der Waals surface area contributed by atoms with Crippen molar-refractivity contribution >= 4 is 0 Å². The predicted octanol–water partition coefficient (Wildman–Crippen LogP) is 5.47. The highest BCUT2D eigenvalue weighted by atomic mass is 16.6. The van der Waals surface area contributed by atoms with Crippen molar-refractivity contribution < 1.29 is 4.84 Å². The minimum atomic E-state index is 0.699. The Labute approximate surface area is 125 Å². The first-order valence-electron chi connectivity index (χ1n) is 8.18. The molecule has 0 aromatic heterocycles. The van der Waals surface area contributed by atoms with Crippen LogP contribution in [0.3, 0.4) is 0 Å². The molecule has 0 radical (unpaired) electrons. The second-order valence-electron chi connectivity index (χ2n) is 5.07. The summed E-state index contributed by atoms with van der Waals surface area (Å²) in [5, 5.41) is 0. The Morgan fingerprint density at radius 3 is 1.90 bits per heavy atom. The van der Waals surface area contributed by atoms with Crippen molar-refractivity contribution in [2.24, 2.45) is 5.90 Å². The van der Waals surface area contributed by atoms with Crippen molar-refractivity contribution in [2.45, 2.75) is 71.1 Å². The van der Waals surface area contributed by atoms with E-state index in [1.54, 1.807) is 0 Å². The molecule has 0 amide bonds. The summed E-state index contributed by atoms with van der Waals surface area (Å²) in [5.74, 6) is 4.97. The maximum absolute atomic E-state index is 4.97. The fourth-order valence-corrected chi connectivity index (χ4v) is 1.98. The van der Waals surface area contributed by atoms with E-state index in [0.717, 1.165) is 25.7 Å². The molecule has 0 aromatic carbocycles. The molecule has 0 rings (SSSR count). The molecular weight excluding hydrogens is 246 g/mol. The van der Waals surface area contributed by atoms with E-state index in [1.807, 2.05) is 0 Å². The zero-order valence-electron chi connectivity index (χ0n) is 13.2. The van der Waals surface area contributed by atoms with Crippen molar-refractivity contribution in [1.29, 1.82) is 0 Å². The maximum Gasteiger partial charge on any atom is 0.0679 e. The average Bonchev–Trinajstić information content (AvgIpc) is 2.47. The Hall–Kier alpha value is -0.860. The van der Waals surface area contributed by atoms with Gasteiger partial charge in [-0.25, -0.2) is 5.90 Å². The highest BCUT2D eigenvalue weighted by Crippen LogP contribution is 2.07. The normalized spacial score (nSPS) is 12.3. The van der Waals surface area contributed by atoms with Crippen LogP contribution in [-0.2, 0) is 4.84 Å². The Morgan fingerprint density at radius 1 is 0.700 bits per heavy atom. The van der Waals surface area contributed by atoms with Crippen LogP contribution < -0.4 is 5.90 Å². The van der Waals surface area contributed by atoms with Gasteiger partial charge in [0, 0.05) is 0 Å². The van der Waals surface area contributed by atoms with Gasteiger partial charge in [0.15, 0.2) is 0 Å². The Kier molecular flexibility index (Phi) is 17.4. The summed E-state index contributed by atoms with van der Waals surface area (Å²) >= 11 is 0. The van der Waals surface area contributed by atoms with Crippen LogP contribution in [0.1, 0.15) is 71.1 Å². The monoisotopic (exact) mass is 279 g/mol. The molecule has 0 bridgehead atoms. The Bertz CT molecular complexity index is 256. The van der Waals surface area contributed by atoms with Crippen molar-refractivity contribution in [3.8, 4) is 0 Å². The van der Waals surface area contributed by atoms with E-state index < -0.39 is 0 Å². The molecular formula is C18H33NO. The molecule has 2 heteroatoms. The fraction of sp³-hybridized carbons (Fsp3) is 0.667. The van der Waals surface area contributed by atoms with E-state index in [2.05, 4.69) is 48.2 Å². The summed E-state index contributed by atoms with van der Waals surface area (Å²) in [6, 6.07) is 0. The molecule has 20 heavy (non-hydrogen) atoms. The third-order valence-corrected chi connectivity index (χ3v) is 3.16. The van der Waals surface area contributed by atoms with Gasteiger partial charge in [0.1, 0.15) is 0 Å². The molecule has 0 aliphatic carbocycles. The molecule has 0 atom stereocenters. The van der Waals surface area contributed by atoms with Crippen LogP contribution in [0.2, 0.25) is 0 Å². The number of unbranched alkanes of at least 4 members (excludes halogenated alkanes) is 6. The van der Waals surface area contributed by atoms with Crippen LogP contribution >= 0.6 is 0 Å². The second-order valence-corrected chi connectivity index (χ2v) is 5.07. The van der Waals surface area contributed by atoms with Gasteiger partial charge in [-0.1, -0.05) is 69.1 Å². The summed E-state index contributed by atoms with van der Waals surface area (Å²) in [7, 11) is 0. The largest absolute Gasteiger partial charge is 0.305 e. The fourth-order valence-electron chi connectivity index (χ4n) is 1.98. The second kappa shape index (κ2) is 18.1. The van der Waals surface area contributed by atoms with Crippen molar-refractivity contribution in [3.63, 3.8) is 0 Å². The van der Waals surface area contributed by atoms with Gasteiger partial charge in [0.05, 0.1) is 6.61 Å². The predicted molar refractivity (Wildman–Crippen MR) is 89.4 cm³/mol. The molecule has 0 aliphatic rings. The number of hydrogen-bond donors (Lipinski definition) is 1. The lowest BCUT2D eigenvalue weighted by molar-refractivity contribution is 0.133. The third kappa shape index (κ3) is 17.1.